The zero-order valence-electron chi connectivity index (χ0n) is 9.30. The third-order valence-electron chi connectivity index (χ3n) is 2.29. The molecule has 0 bridgehead atoms. The third-order valence-corrected chi connectivity index (χ3v) is 2.61. The lowest BCUT2D eigenvalue weighted by Gasteiger charge is -2.12. The van der Waals surface area contributed by atoms with Crippen LogP contribution in [0.1, 0.15) is 18.6 Å². The number of aliphatic hydroxyl groups excluding tert-OH is 1. The van der Waals surface area contributed by atoms with E-state index in [-0.39, 0.29) is 0 Å². The van der Waals surface area contributed by atoms with Crippen LogP contribution in [0.3, 0.4) is 0 Å². The van der Waals surface area contributed by atoms with Gasteiger partial charge in [0, 0.05) is 11.8 Å². The van der Waals surface area contributed by atoms with Crippen LogP contribution in [0.2, 0.25) is 5.02 Å². The van der Waals surface area contributed by atoms with Gasteiger partial charge in [0.1, 0.15) is 5.75 Å². The average molecular weight is 250 g/mol. The molecule has 0 aliphatic rings. The van der Waals surface area contributed by atoms with Crippen LogP contribution in [0.25, 0.3) is 0 Å². The van der Waals surface area contributed by atoms with E-state index in [2.05, 4.69) is 4.98 Å². The molecule has 2 rings (SSSR count). The minimum absolute atomic E-state index is 0.371. The summed E-state index contributed by atoms with van der Waals surface area (Å²) in [5.41, 5.74) is 0.632. The van der Waals surface area contributed by atoms with E-state index < -0.39 is 6.10 Å². The number of pyridine rings is 1. The molecule has 88 valence electrons. The number of ether oxygens (including phenoxy) is 1. The Hall–Kier alpha value is -1.58. The second-order valence-corrected chi connectivity index (χ2v) is 4.01. The average Bonchev–Trinajstić information content (AvgIpc) is 2.32. The summed E-state index contributed by atoms with van der Waals surface area (Å²) in [6.07, 6.45) is 0.971. The Labute approximate surface area is 105 Å². The summed E-state index contributed by atoms with van der Waals surface area (Å²) in [4.78, 5) is 4.10. The van der Waals surface area contributed by atoms with Crippen LogP contribution in [0, 0.1) is 0 Å². The van der Waals surface area contributed by atoms with Gasteiger partial charge in [0.2, 0.25) is 5.88 Å². The fourth-order valence-corrected chi connectivity index (χ4v) is 1.61. The Balaban J connectivity index is 2.34. The summed E-state index contributed by atoms with van der Waals surface area (Å²) >= 11 is 5.99. The Bertz CT molecular complexity index is 514. The Morgan fingerprint density at radius 2 is 2.00 bits per heavy atom. The van der Waals surface area contributed by atoms with Gasteiger partial charge in [-0.1, -0.05) is 23.7 Å². The molecule has 0 radical (unpaired) electrons. The topological polar surface area (TPSA) is 42.4 Å². The highest BCUT2D eigenvalue weighted by atomic mass is 35.5. The number of nitrogens with zero attached hydrogens (tertiary/aromatic N) is 1. The minimum atomic E-state index is -0.638. The minimum Gasteiger partial charge on any atom is -0.437 e. The number of para-hydroxylation sites is 1. The molecule has 1 N–H and O–H groups in total. The summed E-state index contributed by atoms with van der Waals surface area (Å²) in [6, 6.07) is 10.7. The van der Waals surface area contributed by atoms with Crippen molar-refractivity contribution in [3.8, 4) is 11.6 Å². The van der Waals surface area contributed by atoms with Crippen molar-refractivity contribution in [2.45, 2.75) is 13.0 Å². The van der Waals surface area contributed by atoms with E-state index in [4.69, 9.17) is 16.3 Å². The molecule has 0 aliphatic carbocycles. The molecule has 1 aromatic carbocycles. The van der Waals surface area contributed by atoms with Gasteiger partial charge >= 0.3 is 0 Å². The predicted octanol–water partition coefficient (Wildman–Crippen LogP) is 3.58. The van der Waals surface area contributed by atoms with Crippen molar-refractivity contribution in [3.05, 3.63) is 53.2 Å². The maximum absolute atomic E-state index is 9.60. The summed E-state index contributed by atoms with van der Waals surface area (Å²) in [5.74, 6) is 0.894. The highest BCUT2D eigenvalue weighted by Crippen LogP contribution is 2.31. The second kappa shape index (κ2) is 5.17. The first-order valence-electron chi connectivity index (χ1n) is 5.24. The lowest BCUT2D eigenvalue weighted by molar-refractivity contribution is 0.194. The first-order valence-corrected chi connectivity index (χ1v) is 5.61. The molecule has 3 nitrogen and oxygen atoms in total. The van der Waals surface area contributed by atoms with Crippen molar-refractivity contribution < 1.29 is 9.84 Å². The van der Waals surface area contributed by atoms with Crippen molar-refractivity contribution in [1.82, 2.24) is 4.98 Å². The van der Waals surface area contributed by atoms with Gasteiger partial charge in [-0.3, -0.25) is 0 Å². The number of aliphatic hydroxyl groups is 1. The van der Waals surface area contributed by atoms with Gasteiger partial charge in [0.25, 0.3) is 0 Å². The maximum atomic E-state index is 9.60. The first kappa shape index (κ1) is 11.9. The van der Waals surface area contributed by atoms with Gasteiger partial charge < -0.3 is 9.84 Å². The lowest BCUT2D eigenvalue weighted by atomic mass is 10.2. The summed E-state index contributed by atoms with van der Waals surface area (Å²) in [7, 11) is 0. The molecular formula is C13H12ClNO2. The SMILES string of the molecule is C[C@@H](O)c1cccnc1Oc1ccccc1Cl. The van der Waals surface area contributed by atoms with E-state index in [1.807, 2.05) is 12.1 Å². The highest BCUT2D eigenvalue weighted by molar-refractivity contribution is 6.32. The van der Waals surface area contributed by atoms with Crippen molar-refractivity contribution in [3.63, 3.8) is 0 Å². The number of halogens is 1. The van der Waals surface area contributed by atoms with Crippen molar-refractivity contribution in [2.24, 2.45) is 0 Å². The van der Waals surface area contributed by atoms with E-state index in [1.54, 1.807) is 37.4 Å². The van der Waals surface area contributed by atoms with Crippen LogP contribution in [0.5, 0.6) is 11.6 Å². The standard InChI is InChI=1S/C13H12ClNO2/c1-9(16)10-5-4-8-15-13(10)17-12-7-3-2-6-11(12)14/h2-9,16H,1H3/t9-/m1/s1. The zero-order chi connectivity index (χ0) is 12.3. The largest absolute Gasteiger partial charge is 0.437 e. The smallest absolute Gasteiger partial charge is 0.225 e. The normalized spacial score (nSPS) is 12.2. The van der Waals surface area contributed by atoms with Crippen LogP contribution < -0.4 is 4.74 Å². The third kappa shape index (κ3) is 2.75. The molecule has 0 unspecified atom stereocenters. The fourth-order valence-electron chi connectivity index (χ4n) is 1.44. The van der Waals surface area contributed by atoms with Crippen LogP contribution in [-0.4, -0.2) is 10.1 Å². The number of benzene rings is 1. The zero-order valence-corrected chi connectivity index (χ0v) is 10.1. The van der Waals surface area contributed by atoms with Crippen LogP contribution >= 0.6 is 11.6 Å². The van der Waals surface area contributed by atoms with E-state index in [1.165, 1.54) is 0 Å². The van der Waals surface area contributed by atoms with Gasteiger partial charge in [-0.05, 0) is 31.2 Å². The quantitative estimate of drug-likeness (QED) is 0.904. The molecule has 1 heterocycles. The molecule has 1 aromatic heterocycles. The molecule has 0 fully saturated rings. The van der Waals surface area contributed by atoms with Gasteiger partial charge in [-0.15, -0.1) is 0 Å². The molecule has 0 amide bonds. The molecule has 0 saturated heterocycles. The monoisotopic (exact) mass is 249 g/mol. The van der Waals surface area contributed by atoms with Crippen LogP contribution in [-0.2, 0) is 0 Å². The van der Waals surface area contributed by atoms with Crippen LogP contribution in [0.4, 0.5) is 0 Å². The molecule has 2 aromatic rings. The van der Waals surface area contributed by atoms with E-state index in [0.717, 1.165) is 0 Å². The van der Waals surface area contributed by atoms with Crippen molar-refractivity contribution in [1.29, 1.82) is 0 Å². The molecule has 4 heteroatoms. The number of hydrogen-bond donors (Lipinski definition) is 1. The van der Waals surface area contributed by atoms with Gasteiger partial charge in [-0.25, -0.2) is 4.98 Å². The number of hydrogen-bond acceptors (Lipinski definition) is 3. The predicted molar refractivity (Wildman–Crippen MR) is 66.4 cm³/mol. The van der Waals surface area contributed by atoms with Crippen LogP contribution in [0.15, 0.2) is 42.6 Å². The summed E-state index contributed by atoms with van der Waals surface area (Å²) in [5, 5.41) is 10.1. The van der Waals surface area contributed by atoms with E-state index in [0.29, 0.717) is 22.2 Å². The van der Waals surface area contributed by atoms with Gasteiger partial charge in [0.05, 0.1) is 11.1 Å². The maximum Gasteiger partial charge on any atom is 0.225 e. The second-order valence-electron chi connectivity index (χ2n) is 3.61. The molecule has 0 spiro atoms. The molecule has 1 atom stereocenters. The fraction of sp³-hybridized carbons (Fsp3) is 0.154. The Morgan fingerprint density at radius 1 is 1.24 bits per heavy atom. The van der Waals surface area contributed by atoms with E-state index >= 15 is 0 Å². The molecule has 17 heavy (non-hydrogen) atoms. The van der Waals surface area contributed by atoms with Crippen molar-refractivity contribution >= 4 is 11.6 Å². The lowest BCUT2D eigenvalue weighted by Crippen LogP contribution is -1.98. The summed E-state index contributed by atoms with van der Waals surface area (Å²) < 4.78 is 5.60. The summed E-state index contributed by atoms with van der Waals surface area (Å²) in [6.45, 7) is 1.66. The number of rotatable bonds is 3. The molecular weight excluding hydrogens is 238 g/mol. The van der Waals surface area contributed by atoms with Gasteiger partial charge in [0.15, 0.2) is 0 Å². The highest BCUT2D eigenvalue weighted by Gasteiger charge is 2.11. The Morgan fingerprint density at radius 3 is 2.71 bits per heavy atom. The molecule has 0 aliphatic heterocycles. The Kier molecular flexibility index (Phi) is 3.61. The number of aromatic nitrogens is 1. The molecule has 0 saturated carbocycles. The van der Waals surface area contributed by atoms with Crippen molar-refractivity contribution in [2.75, 3.05) is 0 Å². The first-order chi connectivity index (χ1) is 8.18. The van der Waals surface area contributed by atoms with Gasteiger partial charge in [-0.2, -0.15) is 0 Å². The van der Waals surface area contributed by atoms with E-state index in [9.17, 15) is 5.11 Å².